The zero-order chi connectivity index (χ0) is 30.8. The van der Waals surface area contributed by atoms with Gasteiger partial charge in [0.05, 0.1) is 18.2 Å². The van der Waals surface area contributed by atoms with E-state index in [1.54, 1.807) is 24.4 Å². The van der Waals surface area contributed by atoms with Crippen molar-refractivity contribution >= 4 is 6.21 Å². The van der Waals surface area contributed by atoms with Crippen molar-refractivity contribution in [3.05, 3.63) is 88.5 Å². The van der Waals surface area contributed by atoms with Gasteiger partial charge in [0.25, 0.3) is 0 Å². The Morgan fingerprint density at radius 2 is 1.12 bits per heavy atom. The maximum Gasteiger partial charge on any atom is 0.144 e. The van der Waals surface area contributed by atoms with Crippen molar-refractivity contribution in [1.29, 1.82) is 0 Å². The molecule has 0 aliphatic heterocycles. The van der Waals surface area contributed by atoms with Crippen LogP contribution in [-0.2, 0) is 16.4 Å². The molecule has 222 valence electrons. The van der Waals surface area contributed by atoms with Crippen molar-refractivity contribution in [3.8, 4) is 17.2 Å². The smallest absolute Gasteiger partial charge is 0.144 e. The van der Waals surface area contributed by atoms with Crippen LogP contribution >= 0.6 is 0 Å². The highest BCUT2D eigenvalue weighted by molar-refractivity contribution is 5.83. The molecule has 0 aliphatic rings. The minimum absolute atomic E-state index is 0.106. The quantitative estimate of drug-likeness (QED) is 0.259. The van der Waals surface area contributed by atoms with E-state index in [9.17, 15) is 10.2 Å². The topological polar surface area (TPSA) is 71.3 Å². The number of benzene rings is 3. The predicted octanol–water partition coefficient (Wildman–Crippen LogP) is 8.31. The molecule has 3 aromatic rings. The second-order valence-corrected chi connectivity index (χ2v) is 13.5. The molecule has 41 heavy (non-hydrogen) atoms. The molecule has 0 radical (unpaired) electrons. The van der Waals surface area contributed by atoms with E-state index in [0.717, 1.165) is 11.1 Å². The van der Waals surface area contributed by atoms with Gasteiger partial charge in [-0.2, -0.15) is 0 Å². The summed E-state index contributed by atoms with van der Waals surface area (Å²) in [6, 6.07) is 18.5. The van der Waals surface area contributed by atoms with Crippen LogP contribution in [0.15, 0.2) is 65.7 Å². The van der Waals surface area contributed by atoms with Gasteiger partial charge in [-0.1, -0.05) is 65.8 Å². The Hall–Kier alpha value is -3.31. The highest BCUT2D eigenvalue weighted by Gasteiger charge is 2.44. The number of phenolic OH excluding ortho intramolecular Hbond substituents is 1. The van der Waals surface area contributed by atoms with Crippen molar-refractivity contribution in [3.63, 3.8) is 0 Å². The van der Waals surface area contributed by atoms with Gasteiger partial charge in [-0.3, -0.25) is 4.99 Å². The zero-order valence-corrected chi connectivity index (χ0v) is 26.7. The summed E-state index contributed by atoms with van der Waals surface area (Å²) in [6.07, 6.45) is 1.41. The van der Waals surface area contributed by atoms with Gasteiger partial charge < -0.3 is 19.7 Å². The molecule has 3 aromatic carbocycles. The minimum Gasteiger partial charge on any atom is -0.507 e. The second kappa shape index (κ2) is 12.3. The number of rotatable bonds is 9. The molecule has 2 N–H and O–H groups in total. The van der Waals surface area contributed by atoms with Crippen molar-refractivity contribution in [2.45, 2.75) is 111 Å². The van der Waals surface area contributed by atoms with Gasteiger partial charge in [0.15, 0.2) is 0 Å². The van der Waals surface area contributed by atoms with E-state index in [1.807, 2.05) is 65.0 Å². The fourth-order valence-electron chi connectivity index (χ4n) is 4.79. The first-order valence-corrected chi connectivity index (χ1v) is 14.6. The summed E-state index contributed by atoms with van der Waals surface area (Å²) < 4.78 is 12.7. The monoisotopic (exact) mass is 559 g/mol. The highest BCUT2D eigenvalue weighted by atomic mass is 16.5. The fraction of sp³-hybridized carbons (Fsp3) is 0.472. The van der Waals surface area contributed by atoms with Gasteiger partial charge in [0, 0.05) is 22.9 Å². The molecule has 0 amide bonds. The van der Waals surface area contributed by atoms with Crippen LogP contribution in [0.5, 0.6) is 17.2 Å². The van der Waals surface area contributed by atoms with Crippen molar-refractivity contribution in [2.24, 2.45) is 4.99 Å². The van der Waals surface area contributed by atoms with Crippen LogP contribution in [0.3, 0.4) is 0 Å². The van der Waals surface area contributed by atoms with Crippen molar-refractivity contribution in [1.82, 2.24) is 0 Å². The van der Waals surface area contributed by atoms with Crippen LogP contribution < -0.4 is 9.47 Å². The third-order valence-electron chi connectivity index (χ3n) is 7.22. The number of ether oxygens (including phenoxy) is 2. The molecule has 5 heteroatoms. The normalized spacial score (nSPS) is 13.7. The molecule has 1 unspecified atom stereocenters. The average Bonchev–Trinajstić information content (AvgIpc) is 2.86. The SMILES string of the molecule is CC(C)Oc1ccc(C(C)(C)C)cc1C(O)(c1cc(C(C)(C)C)ccc1OC(C)C)C(C)N=Cc1ccccc1O. The number of aliphatic imine (C=N–C) groups is 1. The first-order valence-electron chi connectivity index (χ1n) is 14.6. The third-order valence-corrected chi connectivity index (χ3v) is 7.22. The largest absolute Gasteiger partial charge is 0.507 e. The molecule has 3 rings (SSSR count). The number of para-hydroxylation sites is 1. The molecule has 0 saturated carbocycles. The van der Waals surface area contributed by atoms with Crippen LogP contribution in [0.1, 0.15) is 104 Å². The van der Waals surface area contributed by atoms with Gasteiger partial charge in [-0.25, -0.2) is 0 Å². The van der Waals surface area contributed by atoms with Crippen molar-refractivity contribution < 1.29 is 19.7 Å². The van der Waals surface area contributed by atoms with Crippen LogP contribution in [0, 0.1) is 0 Å². The molecule has 0 saturated heterocycles. The molecule has 0 heterocycles. The van der Waals surface area contributed by atoms with Crippen molar-refractivity contribution in [2.75, 3.05) is 0 Å². The molecule has 0 fully saturated rings. The molecule has 1 atom stereocenters. The van der Waals surface area contributed by atoms with E-state index >= 15 is 0 Å². The Balaban J connectivity index is 2.43. The summed E-state index contributed by atoms with van der Waals surface area (Å²) in [5.41, 5.74) is 1.98. The number of nitrogens with zero attached hydrogens (tertiary/aromatic N) is 1. The number of aliphatic hydroxyl groups is 1. The first kappa shape index (κ1) is 32.2. The maximum absolute atomic E-state index is 13.2. The van der Waals surface area contributed by atoms with Crippen LogP contribution in [-0.4, -0.2) is 34.7 Å². The van der Waals surface area contributed by atoms with Gasteiger partial charge in [-0.05, 0) is 93.0 Å². The molecular formula is C36H49NO4. The Bertz CT molecular complexity index is 1290. The summed E-state index contributed by atoms with van der Waals surface area (Å²) in [5, 5.41) is 23.6. The maximum atomic E-state index is 13.2. The highest BCUT2D eigenvalue weighted by Crippen LogP contribution is 2.46. The van der Waals surface area contributed by atoms with E-state index in [0.29, 0.717) is 28.2 Å². The van der Waals surface area contributed by atoms with E-state index in [1.165, 1.54) is 0 Å². The van der Waals surface area contributed by atoms with E-state index in [-0.39, 0.29) is 28.8 Å². The van der Waals surface area contributed by atoms with Crippen LogP contribution in [0.2, 0.25) is 0 Å². The van der Waals surface area contributed by atoms with E-state index in [4.69, 9.17) is 14.5 Å². The zero-order valence-electron chi connectivity index (χ0n) is 26.7. The third kappa shape index (κ3) is 7.51. The lowest BCUT2D eigenvalue weighted by atomic mass is 9.75. The summed E-state index contributed by atoms with van der Waals surface area (Å²) in [4.78, 5) is 4.86. The Morgan fingerprint density at radius 1 is 0.683 bits per heavy atom. The van der Waals surface area contributed by atoms with Gasteiger partial charge in [-0.15, -0.1) is 0 Å². The fourth-order valence-corrected chi connectivity index (χ4v) is 4.79. The summed E-state index contributed by atoms with van der Waals surface area (Å²) in [5.74, 6) is 1.32. The standard InChI is InChI=1S/C36H49NO4/c1-23(2)40-32-18-16-27(34(6,7)8)20-29(32)36(39,25(5)37-22-26-14-12-13-15-31(26)38)30-21-28(35(9,10)11)17-19-33(30)41-24(3)4/h12-25,38-39H,1-11H3. The summed E-state index contributed by atoms with van der Waals surface area (Å²) in [7, 11) is 0. The van der Waals surface area contributed by atoms with Crippen LogP contribution in [0.4, 0.5) is 0 Å². The number of aromatic hydroxyl groups is 1. The number of phenols is 1. The molecule has 0 aromatic heterocycles. The molecule has 5 nitrogen and oxygen atoms in total. The lowest BCUT2D eigenvalue weighted by Crippen LogP contribution is -2.40. The lowest BCUT2D eigenvalue weighted by Gasteiger charge is -2.38. The Labute approximate surface area is 247 Å². The van der Waals surface area contributed by atoms with E-state index < -0.39 is 11.6 Å². The molecule has 0 spiro atoms. The molecule has 0 bridgehead atoms. The Morgan fingerprint density at radius 3 is 1.51 bits per heavy atom. The predicted molar refractivity (Wildman–Crippen MR) is 170 cm³/mol. The summed E-state index contributed by atoms with van der Waals surface area (Å²) >= 11 is 0. The number of hydrogen-bond acceptors (Lipinski definition) is 5. The molecule has 0 aliphatic carbocycles. The molecular weight excluding hydrogens is 510 g/mol. The van der Waals surface area contributed by atoms with E-state index in [2.05, 4.69) is 53.7 Å². The number of hydrogen-bond donors (Lipinski definition) is 2. The van der Waals surface area contributed by atoms with Crippen LogP contribution in [0.25, 0.3) is 0 Å². The Kier molecular flexibility index (Phi) is 9.65. The second-order valence-electron chi connectivity index (χ2n) is 13.5. The minimum atomic E-state index is -1.64. The van der Waals surface area contributed by atoms with Gasteiger partial charge in [0.2, 0.25) is 0 Å². The average molecular weight is 560 g/mol. The summed E-state index contributed by atoms with van der Waals surface area (Å²) in [6.45, 7) is 22.7. The van der Waals surface area contributed by atoms with Gasteiger partial charge in [0.1, 0.15) is 22.8 Å². The lowest BCUT2D eigenvalue weighted by molar-refractivity contribution is 0.0497. The van der Waals surface area contributed by atoms with Gasteiger partial charge >= 0.3 is 0 Å². The first-order chi connectivity index (χ1) is 18.9.